The number of nitro benzene ring substituents is 1. The smallest absolute Gasteiger partial charge is 0.270 e. The lowest BCUT2D eigenvalue weighted by Crippen LogP contribution is -2.32. The second-order valence-corrected chi connectivity index (χ2v) is 4.11. The number of ether oxygens (including phenoxy) is 1. The first-order valence-electron chi connectivity index (χ1n) is 5.97. The van der Waals surface area contributed by atoms with E-state index in [4.69, 9.17) is 10.00 Å². The number of rotatable bonds is 7. The lowest BCUT2D eigenvalue weighted by atomic mass is 10.2. The number of amides is 1. The van der Waals surface area contributed by atoms with E-state index >= 15 is 0 Å². The van der Waals surface area contributed by atoms with Crippen molar-refractivity contribution >= 4 is 17.9 Å². The minimum Gasteiger partial charge on any atom is -0.483 e. The molecule has 0 heterocycles. The number of aldehydes is 1. The van der Waals surface area contributed by atoms with Crippen LogP contribution in [0.25, 0.3) is 0 Å². The van der Waals surface area contributed by atoms with Crippen molar-refractivity contribution in [3.05, 3.63) is 33.9 Å². The Kier molecular flexibility index (Phi) is 5.82. The summed E-state index contributed by atoms with van der Waals surface area (Å²) >= 11 is 0. The second-order valence-electron chi connectivity index (χ2n) is 4.11. The van der Waals surface area contributed by atoms with Gasteiger partial charge in [-0.05, 0) is 6.07 Å². The largest absolute Gasteiger partial charge is 0.483 e. The predicted molar refractivity (Wildman–Crippen MR) is 71.8 cm³/mol. The third kappa shape index (κ3) is 4.58. The van der Waals surface area contributed by atoms with Crippen molar-refractivity contribution in [3.8, 4) is 11.8 Å². The summed E-state index contributed by atoms with van der Waals surface area (Å²) in [6.07, 6.45) is 0.631. The van der Waals surface area contributed by atoms with E-state index in [1.807, 2.05) is 6.07 Å². The molecular weight excluding hydrogens is 278 g/mol. The first kappa shape index (κ1) is 16.1. The van der Waals surface area contributed by atoms with Crippen LogP contribution in [-0.2, 0) is 4.79 Å². The molecule has 110 valence electrons. The van der Waals surface area contributed by atoms with Gasteiger partial charge >= 0.3 is 0 Å². The van der Waals surface area contributed by atoms with Crippen molar-refractivity contribution in [2.75, 3.05) is 20.2 Å². The molecule has 21 heavy (non-hydrogen) atoms. The molecule has 1 amide bonds. The minimum atomic E-state index is -0.627. The number of likely N-dealkylation sites (N-methyl/N-ethyl adjacent to an activating group) is 1. The summed E-state index contributed by atoms with van der Waals surface area (Å²) < 4.78 is 5.20. The SMILES string of the molecule is CN(CCC#N)C(=O)COc1ccc([N+](=O)[O-])cc1C=O. The van der Waals surface area contributed by atoms with Crippen LogP contribution in [-0.4, -0.2) is 42.2 Å². The van der Waals surface area contributed by atoms with Gasteiger partial charge in [0.2, 0.25) is 0 Å². The highest BCUT2D eigenvalue weighted by Crippen LogP contribution is 2.22. The molecule has 0 fully saturated rings. The highest BCUT2D eigenvalue weighted by Gasteiger charge is 2.14. The number of nitrogens with zero attached hydrogens (tertiary/aromatic N) is 3. The van der Waals surface area contributed by atoms with Crippen LogP contribution < -0.4 is 4.74 Å². The Labute approximate surface area is 120 Å². The van der Waals surface area contributed by atoms with E-state index < -0.39 is 4.92 Å². The van der Waals surface area contributed by atoms with Gasteiger partial charge in [0.1, 0.15) is 5.75 Å². The zero-order chi connectivity index (χ0) is 15.8. The van der Waals surface area contributed by atoms with Crippen molar-refractivity contribution in [2.45, 2.75) is 6.42 Å². The summed E-state index contributed by atoms with van der Waals surface area (Å²) in [6.45, 7) is -0.0416. The summed E-state index contributed by atoms with van der Waals surface area (Å²) in [5, 5.41) is 19.0. The van der Waals surface area contributed by atoms with Crippen molar-refractivity contribution in [3.63, 3.8) is 0 Å². The summed E-state index contributed by atoms with van der Waals surface area (Å²) in [6, 6.07) is 5.45. The molecule has 0 unspecified atom stereocenters. The molecule has 0 saturated heterocycles. The van der Waals surface area contributed by atoms with Crippen LogP contribution in [0, 0.1) is 21.4 Å². The van der Waals surface area contributed by atoms with Crippen LogP contribution >= 0.6 is 0 Å². The third-order valence-corrected chi connectivity index (χ3v) is 2.67. The molecule has 0 aromatic heterocycles. The number of hydrogen-bond donors (Lipinski definition) is 0. The Balaban J connectivity index is 2.71. The number of nitriles is 1. The van der Waals surface area contributed by atoms with E-state index in [1.54, 1.807) is 0 Å². The summed E-state index contributed by atoms with van der Waals surface area (Å²) in [5.41, 5.74) is -0.237. The van der Waals surface area contributed by atoms with E-state index in [2.05, 4.69) is 0 Å². The van der Waals surface area contributed by atoms with Crippen LogP contribution in [0.1, 0.15) is 16.8 Å². The molecule has 0 N–H and O–H groups in total. The van der Waals surface area contributed by atoms with Crippen molar-refractivity contribution in [2.24, 2.45) is 0 Å². The first-order chi connectivity index (χ1) is 9.99. The van der Waals surface area contributed by atoms with Gasteiger partial charge in [-0.1, -0.05) is 0 Å². The molecular formula is C13H13N3O5. The monoisotopic (exact) mass is 291 g/mol. The molecule has 0 radical (unpaired) electrons. The van der Waals surface area contributed by atoms with Gasteiger partial charge in [0.25, 0.3) is 11.6 Å². The number of benzene rings is 1. The Morgan fingerprint density at radius 2 is 2.29 bits per heavy atom. The van der Waals surface area contributed by atoms with Gasteiger partial charge in [0, 0.05) is 25.7 Å². The Bertz CT molecular complexity index is 594. The molecule has 0 aliphatic heterocycles. The number of hydrogen-bond acceptors (Lipinski definition) is 6. The molecule has 8 heteroatoms. The van der Waals surface area contributed by atoms with Crippen molar-refractivity contribution in [1.82, 2.24) is 4.90 Å². The zero-order valence-corrected chi connectivity index (χ0v) is 11.3. The maximum atomic E-state index is 11.7. The minimum absolute atomic E-state index is 0.00308. The maximum Gasteiger partial charge on any atom is 0.270 e. The van der Waals surface area contributed by atoms with Gasteiger partial charge in [0.15, 0.2) is 12.9 Å². The molecule has 1 rings (SSSR count). The van der Waals surface area contributed by atoms with Gasteiger partial charge in [-0.2, -0.15) is 5.26 Å². The van der Waals surface area contributed by atoms with Crippen molar-refractivity contribution < 1.29 is 19.2 Å². The van der Waals surface area contributed by atoms with Gasteiger partial charge in [-0.15, -0.1) is 0 Å². The standard InChI is InChI=1S/C13H13N3O5/c1-15(6-2-5-14)13(18)9-21-12-4-3-11(16(19)20)7-10(12)8-17/h3-4,7-8H,2,6,9H2,1H3. The highest BCUT2D eigenvalue weighted by atomic mass is 16.6. The van der Waals surface area contributed by atoms with Crippen LogP contribution in [0.5, 0.6) is 5.75 Å². The van der Waals surface area contributed by atoms with E-state index in [-0.39, 0.29) is 42.5 Å². The van der Waals surface area contributed by atoms with Crippen LogP contribution in [0.2, 0.25) is 0 Å². The Hall–Kier alpha value is -2.95. The predicted octanol–water partition coefficient (Wildman–Crippen LogP) is 1.16. The van der Waals surface area contributed by atoms with Gasteiger partial charge in [-0.25, -0.2) is 0 Å². The van der Waals surface area contributed by atoms with Gasteiger partial charge < -0.3 is 9.64 Å². The fourth-order valence-corrected chi connectivity index (χ4v) is 1.47. The third-order valence-electron chi connectivity index (χ3n) is 2.67. The number of carbonyl (C=O) groups excluding carboxylic acids is 2. The molecule has 0 aliphatic carbocycles. The quantitative estimate of drug-likeness (QED) is 0.423. The lowest BCUT2D eigenvalue weighted by Gasteiger charge is -2.16. The fraction of sp³-hybridized carbons (Fsp3) is 0.308. The molecule has 0 saturated carbocycles. The maximum absolute atomic E-state index is 11.7. The number of carbonyl (C=O) groups is 2. The highest BCUT2D eigenvalue weighted by molar-refractivity contribution is 5.81. The Morgan fingerprint density at radius 1 is 1.57 bits per heavy atom. The second kappa shape index (κ2) is 7.59. The van der Waals surface area contributed by atoms with Crippen LogP contribution in [0.4, 0.5) is 5.69 Å². The number of nitro groups is 1. The summed E-state index contributed by atoms with van der Waals surface area (Å²) in [5.74, 6) is -0.266. The van der Waals surface area contributed by atoms with E-state index in [0.29, 0.717) is 6.29 Å². The average molecular weight is 291 g/mol. The van der Waals surface area contributed by atoms with Crippen LogP contribution in [0.3, 0.4) is 0 Å². The first-order valence-corrected chi connectivity index (χ1v) is 5.97. The van der Waals surface area contributed by atoms with E-state index in [0.717, 1.165) is 6.07 Å². The van der Waals surface area contributed by atoms with Gasteiger partial charge in [-0.3, -0.25) is 19.7 Å². The molecule has 1 aromatic rings. The van der Waals surface area contributed by atoms with Crippen molar-refractivity contribution in [1.29, 1.82) is 5.26 Å². The number of non-ortho nitro benzene ring substituents is 1. The Morgan fingerprint density at radius 3 is 2.86 bits per heavy atom. The fourth-order valence-electron chi connectivity index (χ4n) is 1.47. The summed E-state index contributed by atoms with van der Waals surface area (Å²) in [7, 11) is 1.53. The molecule has 0 spiro atoms. The lowest BCUT2D eigenvalue weighted by molar-refractivity contribution is -0.384. The van der Waals surface area contributed by atoms with E-state index in [1.165, 1.54) is 24.1 Å². The topological polar surface area (TPSA) is 114 Å². The average Bonchev–Trinajstić information content (AvgIpc) is 2.49. The molecule has 0 atom stereocenters. The molecule has 0 aliphatic rings. The van der Waals surface area contributed by atoms with Gasteiger partial charge in [0.05, 0.1) is 23.0 Å². The molecule has 0 bridgehead atoms. The van der Waals surface area contributed by atoms with Crippen LogP contribution in [0.15, 0.2) is 18.2 Å². The molecule has 1 aromatic carbocycles. The molecule has 8 nitrogen and oxygen atoms in total. The normalized spacial score (nSPS) is 9.52. The zero-order valence-electron chi connectivity index (χ0n) is 11.3. The summed E-state index contributed by atoms with van der Waals surface area (Å²) in [4.78, 5) is 33.9. The van der Waals surface area contributed by atoms with E-state index in [9.17, 15) is 19.7 Å².